The average molecular weight is 421 g/mol. The van der Waals surface area contributed by atoms with Gasteiger partial charge in [0.1, 0.15) is 0 Å². The third-order valence-corrected chi connectivity index (χ3v) is 6.99. The monoisotopic (exact) mass is 420 g/mol. The largest absolute Gasteiger partial charge is 0.349 e. The Bertz CT molecular complexity index is 908. The van der Waals surface area contributed by atoms with E-state index < -0.39 is 10.0 Å². The van der Waals surface area contributed by atoms with Gasteiger partial charge in [-0.05, 0) is 67.6 Å². The number of carbonyl (C=O) groups excluding carboxylic acids is 1. The van der Waals surface area contributed by atoms with E-state index >= 15 is 0 Å². The highest BCUT2D eigenvalue weighted by Crippen LogP contribution is 2.38. The van der Waals surface area contributed by atoms with Crippen LogP contribution in [0.15, 0.2) is 53.4 Å². The molecule has 2 aromatic rings. The van der Waals surface area contributed by atoms with Gasteiger partial charge < -0.3 is 5.32 Å². The second-order valence-electron chi connectivity index (χ2n) is 7.14. The van der Waals surface area contributed by atoms with Crippen LogP contribution < -0.4 is 10.0 Å². The fourth-order valence-corrected chi connectivity index (χ4v) is 4.23. The molecule has 5 nitrogen and oxygen atoms in total. The summed E-state index contributed by atoms with van der Waals surface area (Å²) in [6, 6.07) is 14.3. The van der Waals surface area contributed by atoms with E-state index in [0.717, 1.165) is 24.0 Å². The molecule has 28 heavy (non-hydrogen) atoms. The van der Waals surface area contributed by atoms with Crippen LogP contribution in [-0.2, 0) is 21.2 Å². The van der Waals surface area contributed by atoms with Gasteiger partial charge in [-0.3, -0.25) is 4.79 Å². The van der Waals surface area contributed by atoms with Crippen molar-refractivity contribution in [2.45, 2.75) is 43.0 Å². The zero-order valence-corrected chi connectivity index (χ0v) is 17.4. The lowest BCUT2D eigenvalue weighted by atomic mass is 9.77. The van der Waals surface area contributed by atoms with E-state index in [-0.39, 0.29) is 16.8 Å². The lowest BCUT2D eigenvalue weighted by Crippen LogP contribution is -2.36. The van der Waals surface area contributed by atoms with Gasteiger partial charge in [0.15, 0.2) is 0 Å². The van der Waals surface area contributed by atoms with Crippen molar-refractivity contribution in [1.29, 1.82) is 0 Å². The highest BCUT2D eigenvalue weighted by molar-refractivity contribution is 7.89. The molecular formula is C21H25ClN2O3S. The standard InChI is InChI=1S/C21H25ClN2O3S/c1-23-28(26,27)19-12-5-15(6-13-19)7-14-20(25)24-21(16-3-2-4-16)17-8-10-18(22)11-9-17/h5-6,8-13,16,21,23H,2-4,7,14H2,1H3,(H,24,25). The molecule has 0 bridgehead atoms. The number of halogens is 1. The van der Waals surface area contributed by atoms with Crippen LogP contribution in [0.3, 0.4) is 0 Å². The number of sulfonamides is 1. The highest BCUT2D eigenvalue weighted by Gasteiger charge is 2.29. The summed E-state index contributed by atoms with van der Waals surface area (Å²) >= 11 is 5.99. The lowest BCUT2D eigenvalue weighted by Gasteiger charge is -2.34. The van der Waals surface area contributed by atoms with Gasteiger partial charge >= 0.3 is 0 Å². The molecule has 0 heterocycles. The molecule has 1 fully saturated rings. The summed E-state index contributed by atoms with van der Waals surface area (Å²) in [7, 11) is -2.06. The van der Waals surface area contributed by atoms with Crippen LogP contribution in [0, 0.1) is 5.92 Å². The topological polar surface area (TPSA) is 75.3 Å². The maximum Gasteiger partial charge on any atom is 0.240 e. The predicted molar refractivity (Wildman–Crippen MR) is 111 cm³/mol. The Kier molecular flexibility index (Phi) is 6.75. The fraction of sp³-hybridized carbons (Fsp3) is 0.381. The quantitative estimate of drug-likeness (QED) is 0.681. The number of nitrogens with one attached hydrogen (secondary N) is 2. The van der Waals surface area contributed by atoms with E-state index in [0.29, 0.717) is 23.8 Å². The molecule has 0 saturated heterocycles. The summed E-state index contributed by atoms with van der Waals surface area (Å²) in [5.41, 5.74) is 2.01. The summed E-state index contributed by atoms with van der Waals surface area (Å²) in [5.74, 6) is 0.468. The molecule has 1 amide bonds. The van der Waals surface area contributed by atoms with E-state index in [9.17, 15) is 13.2 Å². The Balaban J connectivity index is 1.59. The second kappa shape index (κ2) is 9.07. The van der Waals surface area contributed by atoms with E-state index in [1.165, 1.54) is 13.5 Å². The minimum absolute atomic E-state index is 0.00114. The van der Waals surface area contributed by atoms with Crippen molar-refractivity contribution in [3.05, 3.63) is 64.7 Å². The second-order valence-corrected chi connectivity index (χ2v) is 9.46. The van der Waals surface area contributed by atoms with Gasteiger partial charge in [-0.25, -0.2) is 13.1 Å². The molecule has 2 N–H and O–H groups in total. The van der Waals surface area contributed by atoms with Crippen LogP contribution >= 0.6 is 11.6 Å². The highest BCUT2D eigenvalue weighted by atomic mass is 35.5. The first-order valence-corrected chi connectivity index (χ1v) is 11.3. The zero-order valence-electron chi connectivity index (χ0n) is 15.8. The predicted octanol–water partition coefficient (Wildman–Crippen LogP) is 3.84. The van der Waals surface area contributed by atoms with Crippen LogP contribution in [0.5, 0.6) is 0 Å². The molecule has 1 atom stereocenters. The van der Waals surface area contributed by atoms with Crippen molar-refractivity contribution >= 4 is 27.5 Å². The van der Waals surface area contributed by atoms with Crippen LogP contribution in [0.1, 0.15) is 42.9 Å². The number of benzene rings is 2. The Labute approximate surface area is 171 Å². The van der Waals surface area contributed by atoms with Gasteiger partial charge in [-0.2, -0.15) is 0 Å². The Hall–Kier alpha value is -1.89. The first kappa shape index (κ1) is 20.8. The number of hydrogen-bond donors (Lipinski definition) is 2. The van der Waals surface area contributed by atoms with E-state index in [2.05, 4.69) is 10.0 Å². The molecule has 3 rings (SSSR count). The Morgan fingerprint density at radius 2 is 1.75 bits per heavy atom. The molecule has 0 spiro atoms. The van der Waals surface area contributed by atoms with Gasteiger partial charge in [-0.15, -0.1) is 0 Å². The molecule has 1 unspecified atom stereocenters. The maximum atomic E-state index is 12.5. The van der Waals surface area contributed by atoms with Gasteiger partial charge in [0.05, 0.1) is 10.9 Å². The normalized spacial score (nSPS) is 15.6. The molecule has 7 heteroatoms. The van der Waals surface area contributed by atoms with Crippen molar-refractivity contribution in [2.24, 2.45) is 5.92 Å². The summed E-state index contributed by atoms with van der Waals surface area (Å²) in [6.07, 6.45) is 4.36. The number of rotatable bonds is 8. The van der Waals surface area contributed by atoms with Gasteiger partial charge in [-0.1, -0.05) is 42.3 Å². The molecule has 0 radical (unpaired) electrons. The molecule has 1 aliphatic carbocycles. The van der Waals surface area contributed by atoms with Crippen molar-refractivity contribution in [2.75, 3.05) is 7.05 Å². The minimum Gasteiger partial charge on any atom is -0.349 e. The van der Waals surface area contributed by atoms with Gasteiger partial charge in [0.25, 0.3) is 0 Å². The Morgan fingerprint density at radius 3 is 2.29 bits per heavy atom. The molecule has 0 aliphatic heterocycles. The molecule has 150 valence electrons. The number of carbonyl (C=O) groups is 1. The van der Waals surface area contributed by atoms with E-state index in [1.54, 1.807) is 24.3 Å². The number of amides is 1. The summed E-state index contributed by atoms with van der Waals surface area (Å²) in [6.45, 7) is 0. The third-order valence-electron chi connectivity index (χ3n) is 5.31. The SMILES string of the molecule is CNS(=O)(=O)c1ccc(CCC(=O)NC(c2ccc(Cl)cc2)C2CCC2)cc1. The van der Waals surface area contributed by atoms with Crippen LogP contribution in [0.2, 0.25) is 5.02 Å². The fourth-order valence-electron chi connectivity index (χ4n) is 3.37. The minimum atomic E-state index is -3.44. The number of hydrogen-bond acceptors (Lipinski definition) is 3. The zero-order chi connectivity index (χ0) is 20.1. The summed E-state index contributed by atoms with van der Waals surface area (Å²) in [4.78, 5) is 12.8. The molecule has 2 aromatic carbocycles. The molecule has 1 aliphatic rings. The smallest absolute Gasteiger partial charge is 0.240 e. The average Bonchev–Trinajstić information content (AvgIpc) is 2.65. The van der Waals surface area contributed by atoms with Gasteiger partial charge in [0, 0.05) is 11.4 Å². The van der Waals surface area contributed by atoms with Crippen molar-refractivity contribution in [1.82, 2.24) is 10.0 Å². The van der Waals surface area contributed by atoms with E-state index in [1.807, 2.05) is 24.3 Å². The molecule has 0 aromatic heterocycles. The Morgan fingerprint density at radius 1 is 1.11 bits per heavy atom. The molecular weight excluding hydrogens is 396 g/mol. The van der Waals surface area contributed by atoms with Crippen LogP contribution in [0.4, 0.5) is 0 Å². The summed E-state index contributed by atoms with van der Waals surface area (Å²) < 4.78 is 25.8. The number of aryl methyl sites for hydroxylation is 1. The maximum absolute atomic E-state index is 12.5. The summed E-state index contributed by atoms with van der Waals surface area (Å²) in [5, 5.41) is 3.87. The third kappa shape index (κ3) is 5.13. The van der Waals surface area contributed by atoms with Crippen molar-refractivity contribution in [3.8, 4) is 0 Å². The van der Waals surface area contributed by atoms with Crippen molar-refractivity contribution < 1.29 is 13.2 Å². The first-order valence-electron chi connectivity index (χ1n) is 9.46. The van der Waals surface area contributed by atoms with Crippen molar-refractivity contribution in [3.63, 3.8) is 0 Å². The lowest BCUT2D eigenvalue weighted by molar-refractivity contribution is -0.122. The van der Waals surface area contributed by atoms with Crippen LogP contribution in [0.25, 0.3) is 0 Å². The van der Waals surface area contributed by atoms with E-state index in [4.69, 9.17) is 11.6 Å². The van der Waals surface area contributed by atoms with Crippen LogP contribution in [-0.4, -0.2) is 21.4 Å². The molecule has 1 saturated carbocycles. The first-order chi connectivity index (χ1) is 13.4. The van der Waals surface area contributed by atoms with Gasteiger partial charge in [0.2, 0.25) is 15.9 Å².